The van der Waals surface area contributed by atoms with Gasteiger partial charge in [0.2, 0.25) is 0 Å². The Morgan fingerprint density at radius 3 is 2.63 bits per heavy atom. The highest BCUT2D eigenvalue weighted by Gasteiger charge is 2.23. The topological polar surface area (TPSA) is 76.0 Å². The maximum atomic E-state index is 11.3. The number of benzene rings is 1. The van der Waals surface area contributed by atoms with Gasteiger partial charge in [0.1, 0.15) is 11.9 Å². The third-order valence-electron chi connectivity index (χ3n) is 2.85. The average Bonchev–Trinajstić information content (AvgIpc) is 2.38. The van der Waals surface area contributed by atoms with Crippen LogP contribution < -0.4 is 4.74 Å². The van der Waals surface area contributed by atoms with E-state index >= 15 is 0 Å². The second kappa shape index (κ2) is 7.11. The molecule has 19 heavy (non-hydrogen) atoms. The van der Waals surface area contributed by atoms with Gasteiger partial charge in [-0.05, 0) is 37.1 Å². The normalized spacial score (nSPS) is 13.7. The predicted octanol–water partition coefficient (Wildman–Crippen LogP) is 1.35. The van der Waals surface area contributed by atoms with E-state index in [2.05, 4.69) is 0 Å². The Kier molecular flexibility index (Phi) is 5.79. The molecule has 1 aromatic rings. The molecule has 0 aliphatic heterocycles. The number of esters is 1. The minimum absolute atomic E-state index is 0.244. The van der Waals surface area contributed by atoms with E-state index in [1.165, 1.54) is 7.11 Å². The van der Waals surface area contributed by atoms with Crippen molar-refractivity contribution in [1.29, 1.82) is 0 Å². The third-order valence-corrected chi connectivity index (χ3v) is 2.85. The van der Waals surface area contributed by atoms with Gasteiger partial charge < -0.3 is 19.7 Å². The Morgan fingerprint density at radius 1 is 1.37 bits per heavy atom. The molecule has 5 heteroatoms. The van der Waals surface area contributed by atoms with E-state index in [9.17, 15) is 15.0 Å². The first-order chi connectivity index (χ1) is 8.99. The van der Waals surface area contributed by atoms with Crippen LogP contribution in [0.1, 0.15) is 30.6 Å². The molecule has 0 spiro atoms. The van der Waals surface area contributed by atoms with Gasteiger partial charge in [-0.3, -0.25) is 4.79 Å². The van der Waals surface area contributed by atoms with Gasteiger partial charge in [0.25, 0.3) is 0 Å². The molecule has 1 aromatic carbocycles. The summed E-state index contributed by atoms with van der Waals surface area (Å²) in [5, 5.41) is 20.0. The summed E-state index contributed by atoms with van der Waals surface area (Å²) >= 11 is 0. The smallest absolute Gasteiger partial charge is 0.308 e. The lowest BCUT2D eigenvalue weighted by Crippen LogP contribution is -2.23. The lowest BCUT2D eigenvalue weighted by Gasteiger charge is -2.19. The second-order valence-corrected chi connectivity index (χ2v) is 4.24. The number of methoxy groups -OCH3 is 1. The van der Waals surface area contributed by atoms with Crippen LogP contribution in [-0.2, 0) is 9.53 Å². The number of ether oxygens (including phenoxy) is 2. The zero-order chi connectivity index (χ0) is 14.4. The highest BCUT2D eigenvalue weighted by molar-refractivity contribution is 5.70. The van der Waals surface area contributed by atoms with E-state index < -0.39 is 18.2 Å². The fraction of sp³-hybridized carbons (Fsp3) is 0.500. The monoisotopic (exact) mass is 268 g/mol. The zero-order valence-corrected chi connectivity index (χ0v) is 11.4. The molecule has 0 aliphatic carbocycles. The number of aliphatic hydroxyl groups is 2. The second-order valence-electron chi connectivity index (χ2n) is 4.24. The van der Waals surface area contributed by atoms with Crippen LogP contribution in [0.15, 0.2) is 18.2 Å². The Labute approximate surface area is 112 Å². The molecule has 0 radical (unpaired) electrons. The maximum Gasteiger partial charge on any atom is 0.308 e. The van der Waals surface area contributed by atoms with Crippen molar-refractivity contribution < 1.29 is 24.5 Å². The summed E-state index contributed by atoms with van der Waals surface area (Å²) in [6, 6.07) is 5.20. The van der Waals surface area contributed by atoms with Crippen LogP contribution in [0.4, 0.5) is 0 Å². The molecule has 0 saturated carbocycles. The van der Waals surface area contributed by atoms with E-state index in [-0.39, 0.29) is 13.0 Å². The van der Waals surface area contributed by atoms with Gasteiger partial charge in [-0.2, -0.15) is 0 Å². The van der Waals surface area contributed by atoms with Crippen LogP contribution in [0, 0.1) is 6.92 Å². The number of aryl methyl sites for hydroxylation is 1. The lowest BCUT2D eigenvalue weighted by molar-refractivity contribution is -0.147. The Balaban J connectivity index is 2.81. The first-order valence-corrected chi connectivity index (χ1v) is 6.15. The summed E-state index contributed by atoms with van der Waals surface area (Å²) in [5.41, 5.74) is 1.35. The summed E-state index contributed by atoms with van der Waals surface area (Å²) in [6.07, 6.45) is -2.60. The minimum atomic E-state index is -1.20. The van der Waals surface area contributed by atoms with Crippen molar-refractivity contribution in [2.24, 2.45) is 0 Å². The lowest BCUT2D eigenvalue weighted by atomic mass is 9.97. The number of rotatable bonds is 6. The van der Waals surface area contributed by atoms with Crippen molar-refractivity contribution in [3.8, 4) is 5.75 Å². The van der Waals surface area contributed by atoms with Crippen molar-refractivity contribution in [1.82, 2.24) is 0 Å². The third kappa shape index (κ3) is 4.22. The van der Waals surface area contributed by atoms with Gasteiger partial charge in [0.15, 0.2) is 0 Å². The minimum Gasteiger partial charge on any atom is -0.497 e. The molecule has 106 valence electrons. The van der Waals surface area contributed by atoms with Crippen LogP contribution in [-0.4, -0.2) is 36.0 Å². The Hall–Kier alpha value is -1.59. The highest BCUT2D eigenvalue weighted by Crippen LogP contribution is 2.26. The molecule has 2 atom stereocenters. The van der Waals surface area contributed by atoms with Crippen LogP contribution >= 0.6 is 0 Å². The molecule has 0 bridgehead atoms. The SMILES string of the molecule is CCOC(=O)CC(O)C(O)c1cc(OC)ccc1C. The maximum absolute atomic E-state index is 11.3. The molecule has 0 aromatic heterocycles. The molecule has 0 saturated heterocycles. The predicted molar refractivity (Wildman–Crippen MR) is 69.9 cm³/mol. The Bertz CT molecular complexity index is 430. The number of carbonyl (C=O) groups excluding carboxylic acids is 1. The first kappa shape index (κ1) is 15.5. The van der Waals surface area contributed by atoms with Crippen LogP contribution in [0.25, 0.3) is 0 Å². The zero-order valence-electron chi connectivity index (χ0n) is 11.4. The van der Waals surface area contributed by atoms with Gasteiger partial charge in [-0.15, -0.1) is 0 Å². The quantitative estimate of drug-likeness (QED) is 0.762. The number of hydrogen-bond donors (Lipinski definition) is 2. The van der Waals surface area contributed by atoms with Gasteiger partial charge >= 0.3 is 5.97 Å². The van der Waals surface area contributed by atoms with E-state index in [1.54, 1.807) is 25.1 Å². The summed E-state index contributed by atoms with van der Waals surface area (Å²) in [4.78, 5) is 11.3. The van der Waals surface area contributed by atoms with E-state index in [1.807, 2.05) is 6.92 Å². The largest absolute Gasteiger partial charge is 0.497 e. The van der Waals surface area contributed by atoms with E-state index in [0.29, 0.717) is 11.3 Å². The molecule has 2 N–H and O–H groups in total. The fourth-order valence-electron chi connectivity index (χ4n) is 1.77. The highest BCUT2D eigenvalue weighted by atomic mass is 16.5. The van der Waals surface area contributed by atoms with Gasteiger partial charge in [0.05, 0.1) is 26.2 Å². The van der Waals surface area contributed by atoms with Gasteiger partial charge in [-0.1, -0.05) is 6.07 Å². The molecule has 0 fully saturated rings. The van der Waals surface area contributed by atoms with Crippen molar-refractivity contribution in [2.45, 2.75) is 32.5 Å². The molecule has 0 amide bonds. The van der Waals surface area contributed by atoms with Crippen molar-refractivity contribution in [3.63, 3.8) is 0 Å². The van der Waals surface area contributed by atoms with Crippen molar-refractivity contribution in [2.75, 3.05) is 13.7 Å². The molecule has 1 rings (SSSR count). The summed E-state index contributed by atoms with van der Waals surface area (Å²) in [7, 11) is 1.52. The standard InChI is InChI=1S/C14H20O5/c1-4-19-13(16)8-12(15)14(17)11-7-10(18-3)6-5-9(11)2/h5-7,12,14-15,17H,4,8H2,1-3H3. The number of carbonyl (C=O) groups is 1. The molecule has 0 aliphatic rings. The van der Waals surface area contributed by atoms with E-state index in [4.69, 9.17) is 9.47 Å². The molecular weight excluding hydrogens is 248 g/mol. The van der Waals surface area contributed by atoms with Crippen LogP contribution in [0.3, 0.4) is 0 Å². The molecule has 5 nitrogen and oxygen atoms in total. The average molecular weight is 268 g/mol. The van der Waals surface area contributed by atoms with Crippen LogP contribution in [0.5, 0.6) is 5.75 Å². The molecule has 0 heterocycles. The number of aliphatic hydroxyl groups excluding tert-OH is 2. The van der Waals surface area contributed by atoms with Crippen molar-refractivity contribution >= 4 is 5.97 Å². The van der Waals surface area contributed by atoms with Gasteiger partial charge in [-0.25, -0.2) is 0 Å². The van der Waals surface area contributed by atoms with Crippen molar-refractivity contribution in [3.05, 3.63) is 29.3 Å². The summed E-state index contributed by atoms with van der Waals surface area (Å²) in [6.45, 7) is 3.75. The fourth-order valence-corrected chi connectivity index (χ4v) is 1.77. The molecule has 2 unspecified atom stereocenters. The Morgan fingerprint density at radius 2 is 2.05 bits per heavy atom. The molecular formula is C14H20O5. The van der Waals surface area contributed by atoms with Gasteiger partial charge in [0, 0.05) is 0 Å². The van der Waals surface area contributed by atoms with Crippen LogP contribution in [0.2, 0.25) is 0 Å². The van der Waals surface area contributed by atoms with E-state index in [0.717, 1.165) is 5.56 Å². The summed E-state index contributed by atoms with van der Waals surface area (Å²) in [5.74, 6) is 0.0533. The first-order valence-electron chi connectivity index (χ1n) is 6.15. The number of hydrogen-bond acceptors (Lipinski definition) is 5. The summed E-state index contributed by atoms with van der Waals surface area (Å²) < 4.78 is 9.81.